The number of morpholine rings is 1. The van der Waals surface area contributed by atoms with Crippen molar-refractivity contribution in [3.63, 3.8) is 0 Å². The maximum Gasteiger partial charge on any atom is 0.345 e. The molecule has 0 saturated carbocycles. The maximum atomic E-state index is 12.5. The molecule has 0 amide bonds. The van der Waals surface area contributed by atoms with Gasteiger partial charge < -0.3 is 19.7 Å². The Labute approximate surface area is 134 Å². The van der Waals surface area contributed by atoms with Crippen molar-refractivity contribution in [1.82, 2.24) is 4.90 Å². The molecule has 23 heavy (non-hydrogen) atoms. The molecule has 2 N–H and O–H groups in total. The molecule has 124 valence electrons. The summed E-state index contributed by atoms with van der Waals surface area (Å²) in [6.45, 7) is -0.705. The molecular formula is C17H21NO5. The molecule has 3 aliphatic rings. The number of hydrogen-bond donors (Lipinski definition) is 2. The Balaban J connectivity index is 1.47. The van der Waals surface area contributed by atoms with Gasteiger partial charge in [-0.2, -0.15) is 0 Å². The molecule has 3 saturated heterocycles. The minimum atomic E-state index is -2.01. The highest BCUT2D eigenvalue weighted by atomic mass is 16.6. The highest BCUT2D eigenvalue weighted by Crippen LogP contribution is 2.48. The fourth-order valence-corrected chi connectivity index (χ4v) is 4.03. The normalized spacial score (nSPS) is 37.8. The van der Waals surface area contributed by atoms with Crippen molar-refractivity contribution < 1.29 is 24.5 Å². The summed E-state index contributed by atoms with van der Waals surface area (Å²) in [4.78, 5) is 14.8. The molecule has 6 nitrogen and oxygen atoms in total. The zero-order valence-corrected chi connectivity index (χ0v) is 13.0. The van der Waals surface area contributed by atoms with Gasteiger partial charge in [0.1, 0.15) is 18.3 Å². The quantitative estimate of drug-likeness (QED) is 0.601. The van der Waals surface area contributed by atoms with E-state index in [9.17, 15) is 15.0 Å². The van der Waals surface area contributed by atoms with Gasteiger partial charge in [-0.25, -0.2) is 4.79 Å². The Hall–Kier alpha value is -1.47. The van der Waals surface area contributed by atoms with Crippen LogP contribution in [-0.2, 0) is 19.9 Å². The molecule has 1 aromatic carbocycles. The minimum Gasteiger partial charge on any atom is -0.460 e. The molecule has 4 unspecified atom stereocenters. The summed E-state index contributed by atoms with van der Waals surface area (Å²) in [7, 11) is 2.08. The van der Waals surface area contributed by atoms with Gasteiger partial charge >= 0.3 is 5.97 Å². The molecule has 3 fully saturated rings. The lowest BCUT2D eigenvalue weighted by Gasteiger charge is -2.38. The predicted octanol–water partition coefficient (Wildman–Crippen LogP) is 0.0221. The van der Waals surface area contributed by atoms with E-state index in [1.54, 1.807) is 30.3 Å². The largest absolute Gasteiger partial charge is 0.460 e. The summed E-state index contributed by atoms with van der Waals surface area (Å²) in [5, 5.41) is 20.2. The van der Waals surface area contributed by atoms with Gasteiger partial charge in [-0.05, 0) is 12.6 Å². The van der Waals surface area contributed by atoms with E-state index < -0.39 is 18.2 Å². The van der Waals surface area contributed by atoms with Crippen molar-refractivity contribution in [3.05, 3.63) is 35.9 Å². The molecule has 0 aromatic heterocycles. The molecule has 1 aromatic rings. The smallest absolute Gasteiger partial charge is 0.345 e. The molecule has 6 heteroatoms. The van der Waals surface area contributed by atoms with Crippen molar-refractivity contribution in [3.8, 4) is 0 Å². The summed E-state index contributed by atoms with van der Waals surface area (Å²) in [5.41, 5.74) is -1.67. The first-order valence-corrected chi connectivity index (χ1v) is 8.02. The van der Waals surface area contributed by atoms with E-state index in [0.717, 1.165) is 0 Å². The third-order valence-corrected chi connectivity index (χ3v) is 5.47. The fourth-order valence-electron chi connectivity index (χ4n) is 4.03. The van der Waals surface area contributed by atoms with Gasteiger partial charge in [0, 0.05) is 24.9 Å². The first-order valence-electron chi connectivity index (χ1n) is 8.02. The fraction of sp³-hybridized carbons (Fsp3) is 0.588. The Morgan fingerprint density at radius 2 is 1.91 bits per heavy atom. The topological polar surface area (TPSA) is 82.5 Å². The summed E-state index contributed by atoms with van der Waals surface area (Å²) >= 11 is 0. The summed E-state index contributed by atoms with van der Waals surface area (Å²) in [6.07, 6.45) is 1.69. The molecular weight excluding hydrogens is 298 g/mol. The van der Waals surface area contributed by atoms with Crippen LogP contribution in [0.2, 0.25) is 0 Å². The molecule has 4 rings (SSSR count). The highest BCUT2D eigenvalue weighted by Gasteiger charge is 2.63. The van der Waals surface area contributed by atoms with E-state index in [0.29, 0.717) is 18.4 Å². The number of fused-ring (bicyclic) bond motifs is 5. The number of hydrogen-bond acceptors (Lipinski definition) is 6. The number of carbonyl (C=O) groups excluding carboxylic acids is 1. The van der Waals surface area contributed by atoms with Crippen molar-refractivity contribution in [2.24, 2.45) is 0 Å². The molecule has 0 radical (unpaired) electrons. The van der Waals surface area contributed by atoms with E-state index in [2.05, 4.69) is 11.9 Å². The monoisotopic (exact) mass is 319 g/mol. The van der Waals surface area contributed by atoms with Crippen LogP contribution in [-0.4, -0.2) is 65.1 Å². The number of likely N-dealkylation sites (N-methyl/N-ethyl adjacent to an activating group) is 1. The average Bonchev–Trinajstić information content (AvgIpc) is 3.33. The zero-order valence-electron chi connectivity index (χ0n) is 13.0. The van der Waals surface area contributed by atoms with Crippen LogP contribution < -0.4 is 0 Å². The zero-order chi connectivity index (χ0) is 16.2. The lowest BCUT2D eigenvalue weighted by molar-refractivity contribution is -0.181. The van der Waals surface area contributed by atoms with Gasteiger partial charge in [0.15, 0.2) is 0 Å². The predicted molar refractivity (Wildman–Crippen MR) is 80.5 cm³/mol. The van der Waals surface area contributed by atoms with Crippen molar-refractivity contribution in [1.29, 1.82) is 0 Å². The molecule has 5 atom stereocenters. The van der Waals surface area contributed by atoms with Crippen molar-refractivity contribution in [2.75, 3.05) is 13.7 Å². The number of ether oxygens (including phenoxy) is 2. The Bertz CT molecular complexity index is 590. The molecule has 3 heterocycles. The second kappa shape index (κ2) is 5.27. The number of aliphatic hydroxyl groups excluding tert-OH is 1. The lowest BCUT2D eigenvalue weighted by Crippen LogP contribution is -2.50. The first kappa shape index (κ1) is 15.1. The average molecular weight is 319 g/mol. The van der Waals surface area contributed by atoms with Crippen LogP contribution in [0, 0.1) is 0 Å². The number of piperidine rings is 1. The van der Waals surface area contributed by atoms with Crippen LogP contribution in [0.4, 0.5) is 0 Å². The van der Waals surface area contributed by atoms with Crippen LogP contribution in [0.3, 0.4) is 0 Å². The van der Waals surface area contributed by atoms with E-state index in [4.69, 9.17) is 9.47 Å². The molecule has 3 aliphatic heterocycles. The van der Waals surface area contributed by atoms with Gasteiger partial charge in [0.25, 0.3) is 0 Å². The van der Waals surface area contributed by atoms with Crippen LogP contribution >= 0.6 is 0 Å². The van der Waals surface area contributed by atoms with Gasteiger partial charge in [-0.15, -0.1) is 0 Å². The van der Waals surface area contributed by atoms with E-state index in [1.807, 2.05) is 0 Å². The van der Waals surface area contributed by atoms with Gasteiger partial charge in [0.2, 0.25) is 5.60 Å². The van der Waals surface area contributed by atoms with Gasteiger partial charge in [-0.1, -0.05) is 30.3 Å². The minimum absolute atomic E-state index is 0.244. The third-order valence-electron chi connectivity index (χ3n) is 5.47. The molecule has 0 aliphatic carbocycles. The number of benzene rings is 1. The van der Waals surface area contributed by atoms with Crippen LogP contribution in [0.25, 0.3) is 0 Å². The Morgan fingerprint density at radius 1 is 1.30 bits per heavy atom. The number of epoxide rings is 1. The van der Waals surface area contributed by atoms with Crippen molar-refractivity contribution in [2.45, 2.75) is 48.8 Å². The number of rotatable bonds is 4. The summed E-state index contributed by atoms with van der Waals surface area (Å²) in [5.74, 6) is -0.783. The number of aliphatic hydroxyl groups is 2. The van der Waals surface area contributed by atoms with Crippen LogP contribution in [0.1, 0.15) is 18.4 Å². The van der Waals surface area contributed by atoms with E-state index in [-0.39, 0.29) is 30.4 Å². The lowest BCUT2D eigenvalue weighted by atomic mass is 9.94. The third kappa shape index (κ3) is 2.29. The highest BCUT2D eigenvalue weighted by molar-refractivity contribution is 5.81. The first-order chi connectivity index (χ1) is 11.0. The standard InChI is InChI=1S/C17H21NO5/c1-18-12-7-11(8-13(18)15-14(12)23-15)22-16(20)17(21,9-19)10-5-3-2-4-6-10/h2-6,11-15,19,21H,7-9H2,1H3/t11?,12?,13?,14?,15?,17-/m0/s1. The Morgan fingerprint density at radius 3 is 2.48 bits per heavy atom. The van der Waals surface area contributed by atoms with Crippen LogP contribution in [0.5, 0.6) is 0 Å². The van der Waals surface area contributed by atoms with Gasteiger partial charge in [-0.3, -0.25) is 4.90 Å². The second-order valence-electron chi connectivity index (χ2n) is 6.75. The van der Waals surface area contributed by atoms with Crippen LogP contribution in [0.15, 0.2) is 30.3 Å². The second-order valence-corrected chi connectivity index (χ2v) is 6.75. The SMILES string of the molecule is CN1C2CC(OC(=O)[C@](O)(CO)c3ccccc3)CC1C1OC12. The number of nitrogens with zero attached hydrogens (tertiary/aromatic N) is 1. The Kier molecular flexibility index (Phi) is 3.46. The number of esters is 1. The van der Waals surface area contributed by atoms with E-state index in [1.165, 1.54) is 0 Å². The van der Waals surface area contributed by atoms with Crippen molar-refractivity contribution >= 4 is 5.97 Å². The summed E-state index contributed by atoms with van der Waals surface area (Å²) in [6, 6.07) is 8.98. The maximum absolute atomic E-state index is 12.5. The molecule has 0 spiro atoms. The summed E-state index contributed by atoms with van der Waals surface area (Å²) < 4.78 is 11.2. The van der Waals surface area contributed by atoms with Gasteiger partial charge in [0.05, 0.1) is 6.61 Å². The number of carbonyl (C=O) groups is 1. The molecule has 2 bridgehead atoms. The van der Waals surface area contributed by atoms with E-state index >= 15 is 0 Å².